The van der Waals surface area contributed by atoms with Crippen molar-refractivity contribution < 1.29 is 4.79 Å². The highest BCUT2D eigenvalue weighted by Gasteiger charge is 2.30. The van der Waals surface area contributed by atoms with Gasteiger partial charge in [-0.05, 0) is 37.8 Å². The number of amides is 1. The molecule has 1 aliphatic carbocycles. The predicted molar refractivity (Wildman–Crippen MR) is 66.1 cm³/mol. The number of nitrogens with zero attached hydrogens (tertiary/aromatic N) is 1. The van der Waals surface area contributed by atoms with Gasteiger partial charge in [-0.15, -0.1) is 0 Å². The van der Waals surface area contributed by atoms with Crippen LogP contribution >= 0.6 is 0 Å². The monoisotopic (exact) mass is 233 g/mol. The minimum atomic E-state index is -0.0601. The van der Waals surface area contributed by atoms with Crippen molar-refractivity contribution in [2.45, 2.75) is 38.3 Å². The first kappa shape index (κ1) is 12.0. The van der Waals surface area contributed by atoms with E-state index in [0.29, 0.717) is 12.3 Å². The Bertz CT molecular complexity index is 376. The smallest absolute Gasteiger partial charge is 0.222 e. The van der Waals surface area contributed by atoms with Gasteiger partial charge in [-0.2, -0.15) is 0 Å². The summed E-state index contributed by atoms with van der Waals surface area (Å²) in [6, 6.07) is 5.65. The van der Waals surface area contributed by atoms with E-state index in [0.717, 1.165) is 5.69 Å². The van der Waals surface area contributed by atoms with E-state index in [2.05, 4.69) is 10.3 Å². The van der Waals surface area contributed by atoms with Crippen LogP contribution in [0.25, 0.3) is 0 Å². The first-order chi connectivity index (χ1) is 8.16. The van der Waals surface area contributed by atoms with Gasteiger partial charge in [-0.3, -0.25) is 9.78 Å². The summed E-state index contributed by atoms with van der Waals surface area (Å²) >= 11 is 0. The van der Waals surface area contributed by atoms with Crippen LogP contribution in [0.2, 0.25) is 0 Å². The zero-order valence-corrected chi connectivity index (χ0v) is 10.1. The molecule has 0 aliphatic heterocycles. The number of hydrogen-bond acceptors (Lipinski definition) is 3. The fourth-order valence-electron chi connectivity index (χ4n) is 1.91. The summed E-state index contributed by atoms with van der Waals surface area (Å²) < 4.78 is 0. The molecule has 1 saturated carbocycles. The van der Waals surface area contributed by atoms with Crippen molar-refractivity contribution in [3.05, 3.63) is 30.1 Å². The van der Waals surface area contributed by atoms with Crippen molar-refractivity contribution in [3.8, 4) is 0 Å². The van der Waals surface area contributed by atoms with E-state index < -0.39 is 0 Å². The molecule has 2 rings (SSSR count). The van der Waals surface area contributed by atoms with Gasteiger partial charge in [-0.1, -0.05) is 6.07 Å². The molecule has 0 bridgehead atoms. The Balaban J connectivity index is 1.81. The largest absolute Gasteiger partial charge is 0.348 e. The Kier molecular flexibility index (Phi) is 3.74. The molecular weight excluding hydrogens is 214 g/mol. The quantitative estimate of drug-likeness (QED) is 0.807. The highest BCUT2D eigenvalue weighted by molar-refractivity contribution is 5.77. The molecule has 4 heteroatoms. The lowest BCUT2D eigenvalue weighted by Gasteiger charge is -2.15. The average molecular weight is 233 g/mol. The Morgan fingerprint density at radius 2 is 2.35 bits per heavy atom. The van der Waals surface area contributed by atoms with Gasteiger partial charge in [-0.25, -0.2) is 0 Å². The highest BCUT2D eigenvalue weighted by Crippen LogP contribution is 2.32. The second-order valence-electron chi connectivity index (χ2n) is 4.75. The van der Waals surface area contributed by atoms with E-state index in [4.69, 9.17) is 5.73 Å². The summed E-state index contributed by atoms with van der Waals surface area (Å²) in [5.41, 5.74) is 6.79. The molecule has 0 spiro atoms. The molecule has 1 heterocycles. The summed E-state index contributed by atoms with van der Waals surface area (Å²) in [6.45, 7) is 1.93. The van der Waals surface area contributed by atoms with Crippen molar-refractivity contribution in [2.24, 2.45) is 11.7 Å². The molecule has 1 amide bonds. The molecule has 92 valence electrons. The fourth-order valence-corrected chi connectivity index (χ4v) is 1.91. The highest BCUT2D eigenvalue weighted by atomic mass is 16.1. The van der Waals surface area contributed by atoms with E-state index in [1.165, 1.54) is 12.8 Å². The van der Waals surface area contributed by atoms with Crippen LogP contribution < -0.4 is 11.1 Å². The van der Waals surface area contributed by atoms with Crippen LogP contribution in [-0.2, 0) is 4.79 Å². The lowest BCUT2D eigenvalue weighted by Crippen LogP contribution is -2.34. The van der Waals surface area contributed by atoms with Crippen molar-refractivity contribution >= 4 is 5.91 Å². The Morgan fingerprint density at radius 1 is 1.59 bits per heavy atom. The second kappa shape index (κ2) is 5.27. The zero-order valence-electron chi connectivity index (χ0n) is 10.1. The van der Waals surface area contributed by atoms with Gasteiger partial charge < -0.3 is 11.1 Å². The van der Waals surface area contributed by atoms with E-state index >= 15 is 0 Å². The van der Waals surface area contributed by atoms with Crippen LogP contribution in [0.3, 0.4) is 0 Å². The first-order valence-electron chi connectivity index (χ1n) is 6.12. The van der Waals surface area contributed by atoms with E-state index in [1.54, 1.807) is 6.20 Å². The van der Waals surface area contributed by atoms with Crippen LogP contribution in [0.1, 0.15) is 37.9 Å². The van der Waals surface area contributed by atoms with Gasteiger partial charge in [0.15, 0.2) is 0 Å². The van der Waals surface area contributed by atoms with Gasteiger partial charge in [0, 0.05) is 18.7 Å². The fraction of sp³-hybridized carbons (Fsp3) is 0.538. The van der Waals surface area contributed by atoms with Crippen LogP contribution in [0.15, 0.2) is 24.4 Å². The number of aromatic nitrogens is 1. The minimum absolute atomic E-state index is 0.0163. The molecule has 2 unspecified atom stereocenters. The summed E-state index contributed by atoms with van der Waals surface area (Å²) in [7, 11) is 0. The molecule has 1 fully saturated rings. The topological polar surface area (TPSA) is 68.0 Å². The number of hydrogen-bond donors (Lipinski definition) is 2. The van der Waals surface area contributed by atoms with Crippen molar-refractivity contribution in [2.75, 3.05) is 0 Å². The molecule has 1 aromatic heterocycles. The third-order valence-electron chi connectivity index (χ3n) is 3.16. The van der Waals surface area contributed by atoms with Gasteiger partial charge in [0.1, 0.15) is 0 Å². The molecule has 3 N–H and O–H groups in total. The molecule has 1 aromatic rings. The molecule has 0 radical (unpaired) electrons. The average Bonchev–Trinajstić information content (AvgIpc) is 3.13. The maximum atomic E-state index is 11.8. The number of carbonyl (C=O) groups is 1. The van der Waals surface area contributed by atoms with E-state index in [-0.39, 0.29) is 18.0 Å². The SMILES string of the molecule is CC(NC(=O)CC(N)C1CC1)c1ccccn1. The third kappa shape index (κ3) is 3.53. The van der Waals surface area contributed by atoms with Crippen LogP contribution in [0, 0.1) is 5.92 Å². The predicted octanol–water partition coefficient (Wildman–Crippen LogP) is 1.39. The number of nitrogens with two attached hydrogens (primary N) is 1. The number of rotatable bonds is 5. The molecule has 4 nitrogen and oxygen atoms in total. The Hall–Kier alpha value is -1.42. The second-order valence-corrected chi connectivity index (χ2v) is 4.75. The number of carbonyl (C=O) groups excluding carboxylic acids is 1. The van der Waals surface area contributed by atoms with E-state index in [1.807, 2.05) is 25.1 Å². The number of pyridine rings is 1. The molecule has 1 aliphatic rings. The lowest BCUT2D eigenvalue weighted by molar-refractivity contribution is -0.122. The Labute approximate surface area is 102 Å². The van der Waals surface area contributed by atoms with Crippen LogP contribution in [0.5, 0.6) is 0 Å². The van der Waals surface area contributed by atoms with Crippen molar-refractivity contribution in [1.29, 1.82) is 0 Å². The van der Waals surface area contributed by atoms with Gasteiger partial charge in [0.05, 0.1) is 11.7 Å². The summed E-state index contributed by atoms with van der Waals surface area (Å²) in [4.78, 5) is 16.0. The summed E-state index contributed by atoms with van der Waals surface area (Å²) in [5, 5.41) is 2.93. The van der Waals surface area contributed by atoms with Gasteiger partial charge in [0.2, 0.25) is 5.91 Å². The molecule has 0 aromatic carbocycles. The standard InChI is InChI=1S/C13H19N3O/c1-9(12-4-2-3-7-15-12)16-13(17)8-11(14)10-5-6-10/h2-4,7,9-11H,5-6,8,14H2,1H3,(H,16,17). The van der Waals surface area contributed by atoms with Gasteiger partial charge in [0.25, 0.3) is 0 Å². The normalized spacial score (nSPS) is 18.5. The molecule has 2 atom stereocenters. The van der Waals surface area contributed by atoms with Crippen molar-refractivity contribution in [1.82, 2.24) is 10.3 Å². The molecule has 0 saturated heterocycles. The Morgan fingerprint density at radius 3 is 2.94 bits per heavy atom. The number of nitrogens with one attached hydrogen (secondary N) is 1. The maximum Gasteiger partial charge on any atom is 0.222 e. The minimum Gasteiger partial charge on any atom is -0.348 e. The summed E-state index contributed by atoms with van der Waals surface area (Å²) in [5.74, 6) is 0.577. The van der Waals surface area contributed by atoms with Gasteiger partial charge >= 0.3 is 0 Å². The van der Waals surface area contributed by atoms with Crippen LogP contribution in [-0.4, -0.2) is 16.9 Å². The molecular formula is C13H19N3O. The maximum absolute atomic E-state index is 11.8. The molecule has 17 heavy (non-hydrogen) atoms. The van der Waals surface area contributed by atoms with Crippen molar-refractivity contribution in [3.63, 3.8) is 0 Å². The zero-order chi connectivity index (χ0) is 12.3. The van der Waals surface area contributed by atoms with Crippen LogP contribution in [0.4, 0.5) is 0 Å². The lowest BCUT2D eigenvalue weighted by atomic mass is 10.1. The third-order valence-corrected chi connectivity index (χ3v) is 3.16. The summed E-state index contributed by atoms with van der Waals surface area (Å²) in [6.07, 6.45) is 4.49. The van der Waals surface area contributed by atoms with E-state index in [9.17, 15) is 4.79 Å². The first-order valence-corrected chi connectivity index (χ1v) is 6.12.